The van der Waals surface area contributed by atoms with Gasteiger partial charge >= 0.3 is 0 Å². The minimum Gasteiger partial charge on any atom is -0.490 e. The van der Waals surface area contributed by atoms with Crippen LogP contribution in [0.3, 0.4) is 0 Å². The molecule has 2 N–H and O–H groups in total. The van der Waals surface area contributed by atoms with Crippen molar-refractivity contribution in [2.45, 2.75) is 13.3 Å². The molecule has 29 heavy (non-hydrogen) atoms. The van der Waals surface area contributed by atoms with Crippen molar-refractivity contribution in [1.82, 2.24) is 10.9 Å². The van der Waals surface area contributed by atoms with Crippen LogP contribution in [-0.2, 0) is 16.0 Å². The van der Waals surface area contributed by atoms with Crippen LogP contribution in [0.1, 0.15) is 12.5 Å². The second kappa shape index (κ2) is 9.88. The molecule has 0 atom stereocenters. The Kier molecular flexibility index (Phi) is 7.02. The monoisotopic (exact) mass is 420 g/mol. The first-order chi connectivity index (χ1) is 14.1. The molecular weight excluding hydrogens is 400 g/mol. The number of rotatable bonds is 7. The number of para-hydroxylation sites is 2. The fourth-order valence-electron chi connectivity index (χ4n) is 2.66. The van der Waals surface area contributed by atoms with Gasteiger partial charge in [0.2, 0.25) is 5.91 Å². The minimum absolute atomic E-state index is 0.00463. The van der Waals surface area contributed by atoms with Gasteiger partial charge in [-0.05, 0) is 36.8 Å². The molecule has 0 radical (unpaired) electrons. The van der Waals surface area contributed by atoms with Crippen molar-refractivity contribution in [2.24, 2.45) is 0 Å². The molecule has 2 aromatic carbocycles. The lowest BCUT2D eigenvalue weighted by atomic mass is 10.1. The molecule has 0 saturated carbocycles. The molecule has 0 bridgehead atoms. The van der Waals surface area contributed by atoms with Gasteiger partial charge in [0, 0.05) is 0 Å². The first-order valence-electron chi connectivity index (χ1n) is 9.07. The number of amides is 2. The van der Waals surface area contributed by atoms with E-state index in [9.17, 15) is 9.59 Å². The molecule has 0 saturated heterocycles. The van der Waals surface area contributed by atoms with Gasteiger partial charge in [-0.3, -0.25) is 20.4 Å². The Labute approximate surface area is 173 Å². The number of hydrogen-bond acceptors (Lipinski definition) is 6. The fraction of sp³-hybridized carbons (Fsp3) is 0.300. The average Bonchev–Trinajstić information content (AvgIpc) is 2.72. The van der Waals surface area contributed by atoms with Gasteiger partial charge in [-0.25, -0.2) is 0 Å². The SMILES string of the molecule is CCOc1ccccc1OCC(=O)NNC(=O)Cc1cc(Cl)c2c(c1)OCCO2. The van der Waals surface area contributed by atoms with Crippen LogP contribution in [0.5, 0.6) is 23.0 Å². The molecule has 9 heteroatoms. The van der Waals surface area contributed by atoms with Gasteiger partial charge < -0.3 is 18.9 Å². The van der Waals surface area contributed by atoms with Gasteiger partial charge in [0.25, 0.3) is 5.91 Å². The lowest BCUT2D eigenvalue weighted by Gasteiger charge is -2.20. The maximum atomic E-state index is 12.1. The first kappa shape index (κ1) is 20.6. The van der Waals surface area contributed by atoms with Crippen LogP contribution in [0.4, 0.5) is 0 Å². The smallest absolute Gasteiger partial charge is 0.276 e. The summed E-state index contributed by atoms with van der Waals surface area (Å²) in [6.45, 7) is 2.90. The third-order valence-corrected chi connectivity index (χ3v) is 4.15. The van der Waals surface area contributed by atoms with Crippen molar-refractivity contribution < 1.29 is 28.5 Å². The summed E-state index contributed by atoms with van der Waals surface area (Å²) in [5.41, 5.74) is 5.28. The lowest BCUT2D eigenvalue weighted by molar-refractivity contribution is -0.129. The van der Waals surface area contributed by atoms with Gasteiger partial charge in [-0.2, -0.15) is 0 Å². The van der Waals surface area contributed by atoms with E-state index in [-0.39, 0.29) is 13.0 Å². The molecule has 0 aromatic heterocycles. The summed E-state index contributed by atoms with van der Waals surface area (Å²) in [7, 11) is 0. The number of hydrogen-bond donors (Lipinski definition) is 2. The molecule has 1 heterocycles. The van der Waals surface area contributed by atoms with E-state index in [2.05, 4.69) is 10.9 Å². The lowest BCUT2D eigenvalue weighted by Crippen LogP contribution is -2.44. The summed E-state index contributed by atoms with van der Waals surface area (Å²) in [5.74, 6) is 1.03. The van der Waals surface area contributed by atoms with Gasteiger partial charge in [0.05, 0.1) is 18.1 Å². The van der Waals surface area contributed by atoms with Crippen LogP contribution in [0.25, 0.3) is 0 Å². The summed E-state index contributed by atoms with van der Waals surface area (Å²) < 4.78 is 21.8. The second-order valence-electron chi connectivity index (χ2n) is 6.04. The Bertz CT molecular complexity index is 889. The van der Waals surface area contributed by atoms with E-state index < -0.39 is 11.8 Å². The third kappa shape index (κ3) is 5.68. The molecule has 1 aliphatic rings. The van der Waals surface area contributed by atoms with Crippen LogP contribution >= 0.6 is 11.6 Å². The highest BCUT2D eigenvalue weighted by atomic mass is 35.5. The molecule has 1 aliphatic heterocycles. The van der Waals surface area contributed by atoms with Crippen molar-refractivity contribution in [2.75, 3.05) is 26.4 Å². The van der Waals surface area contributed by atoms with Crippen LogP contribution < -0.4 is 29.8 Å². The highest BCUT2D eigenvalue weighted by Crippen LogP contribution is 2.38. The fourth-order valence-corrected chi connectivity index (χ4v) is 2.95. The van der Waals surface area contributed by atoms with E-state index in [1.807, 2.05) is 13.0 Å². The van der Waals surface area contributed by atoms with E-state index in [1.165, 1.54) is 0 Å². The highest BCUT2D eigenvalue weighted by Gasteiger charge is 2.18. The highest BCUT2D eigenvalue weighted by molar-refractivity contribution is 6.32. The van der Waals surface area contributed by atoms with Crippen molar-refractivity contribution in [3.63, 3.8) is 0 Å². The van der Waals surface area contributed by atoms with E-state index in [4.69, 9.17) is 30.5 Å². The molecule has 0 spiro atoms. The quantitative estimate of drug-likeness (QED) is 0.667. The number of ether oxygens (including phenoxy) is 4. The van der Waals surface area contributed by atoms with Gasteiger partial charge in [0.1, 0.15) is 13.2 Å². The molecule has 2 aromatic rings. The zero-order chi connectivity index (χ0) is 20.6. The van der Waals surface area contributed by atoms with E-state index in [1.54, 1.807) is 30.3 Å². The molecule has 8 nitrogen and oxygen atoms in total. The summed E-state index contributed by atoms with van der Waals surface area (Å²) in [6.07, 6.45) is 0.00463. The van der Waals surface area contributed by atoms with E-state index in [0.717, 1.165) is 0 Å². The van der Waals surface area contributed by atoms with Crippen LogP contribution in [0.15, 0.2) is 36.4 Å². The second-order valence-corrected chi connectivity index (χ2v) is 6.45. The van der Waals surface area contributed by atoms with Crippen LogP contribution in [-0.4, -0.2) is 38.2 Å². The van der Waals surface area contributed by atoms with Crippen molar-refractivity contribution in [3.05, 3.63) is 47.0 Å². The molecular formula is C20H21ClN2O6. The third-order valence-electron chi connectivity index (χ3n) is 3.87. The van der Waals surface area contributed by atoms with Gasteiger partial charge in [-0.15, -0.1) is 0 Å². The molecule has 2 amide bonds. The average molecular weight is 421 g/mol. The summed E-state index contributed by atoms with van der Waals surface area (Å²) in [6, 6.07) is 10.3. The summed E-state index contributed by atoms with van der Waals surface area (Å²) in [5, 5.41) is 0.371. The van der Waals surface area contributed by atoms with E-state index in [0.29, 0.717) is 53.4 Å². The number of hydrazine groups is 1. The Morgan fingerprint density at radius 3 is 2.48 bits per heavy atom. The molecule has 0 aliphatic carbocycles. The maximum absolute atomic E-state index is 12.1. The predicted octanol–water partition coefficient (Wildman–Crippen LogP) is 2.28. The van der Waals surface area contributed by atoms with Crippen molar-refractivity contribution in [3.8, 4) is 23.0 Å². The number of carbonyl (C=O) groups is 2. The normalized spacial score (nSPS) is 12.1. The predicted molar refractivity (Wildman–Crippen MR) is 106 cm³/mol. The van der Waals surface area contributed by atoms with Crippen molar-refractivity contribution in [1.29, 1.82) is 0 Å². The molecule has 0 unspecified atom stereocenters. The van der Waals surface area contributed by atoms with E-state index >= 15 is 0 Å². The molecule has 3 rings (SSSR count). The van der Waals surface area contributed by atoms with Gasteiger partial charge in [-0.1, -0.05) is 23.7 Å². The maximum Gasteiger partial charge on any atom is 0.276 e. The summed E-state index contributed by atoms with van der Waals surface area (Å²) in [4.78, 5) is 24.0. The Morgan fingerprint density at radius 1 is 1.03 bits per heavy atom. The van der Waals surface area contributed by atoms with Crippen LogP contribution in [0.2, 0.25) is 5.02 Å². The number of benzene rings is 2. The topological polar surface area (TPSA) is 95.1 Å². The standard InChI is InChI=1S/C20H21ClN2O6/c1-2-26-15-5-3-4-6-16(15)29-12-19(25)23-22-18(24)11-13-9-14(21)20-17(10-13)27-7-8-28-20/h3-6,9-10H,2,7-8,11-12H2,1H3,(H,22,24)(H,23,25). The zero-order valence-electron chi connectivity index (χ0n) is 15.8. The largest absolute Gasteiger partial charge is 0.490 e. The van der Waals surface area contributed by atoms with Crippen LogP contribution in [0, 0.1) is 0 Å². The number of halogens is 1. The Balaban J connectivity index is 1.47. The van der Waals surface area contributed by atoms with Gasteiger partial charge in [0.15, 0.2) is 29.6 Å². The molecule has 0 fully saturated rings. The Hall–Kier alpha value is -3.13. The number of carbonyl (C=O) groups excluding carboxylic acids is 2. The van der Waals surface area contributed by atoms with Crippen molar-refractivity contribution >= 4 is 23.4 Å². The first-order valence-corrected chi connectivity index (χ1v) is 9.45. The number of nitrogens with one attached hydrogen (secondary N) is 2. The minimum atomic E-state index is -0.509. The Morgan fingerprint density at radius 2 is 1.72 bits per heavy atom. The zero-order valence-corrected chi connectivity index (χ0v) is 16.6. The number of fused-ring (bicyclic) bond motifs is 1. The molecule has 154 valence electrons. The summed E-state index contributed by atoms with van der Waals surface area (Å²) >= 11 is 6.16.